The van der Waals surface area contributed by atoms with E-state index in [0.29, 0.717) is 12.3 Å². The molecule has 1 aromatic carbocycles. The van der Waals surface area contributed by atoms with E-state index in [1.54, 1.807) is 19.2 Å². The number of esters is 1. The molecule has 19 heavy (non-hydrogen) atoms. The minimum Gasteiger partial charge on any atom is -0.465 e. The molecule has 0 amide bonds. The average molecular weight is 267 g/mol. The van der Waals surface area contributed by atoms with Crippen molar-refractivity contribution in [3.63, 3.8) is 0 Å². The lowest BCUT2D eigenvalue weighted by Crippen LogP contribution is -2.23. The first-order valence-electron chi connectivity index (χ1n) is 5.83. The summed E-state index contributed by atoms with van der Waals surface area (Å²) in [5.74, 6) is -1.37. The van der Waals surface area contributed by atoms with E-state index >= 15 is 0 Å². The smallest absolute Gasteiger partial charge is 0.343 e. The molecule has 0 saturated heterocycles. The SMILES string of the molecule is C=Cc1ccc(N[C@@H](C)COC)c(C(=O)OC)c1F. The number of methoxy groups -OCH3 is 2. The maximum atomic E-state index is 14.2. The molecule has 0 heterocycles. The maximum Gasteiger partial charge on any atom is 0.343 e. The van der Waals surface area contributed by atoms with Crippen LogP contribution in [0.5, 0.6) is 0 Å². The maximum absolute atomic E-state index is 14.2. The Labute approximate surface area is 112 Å². The number of carbonyl (C=O) groups is 1. The molecule has 0 saturated carbocycles. The molecule has 0 fully saturated rings. The standard InChI is InChI=1S/C14H18FNO3/c1-5-10-6-7-11(16-9(2)8-18-3)12(13(10)15)14(17)19-4/h5-7,9,16H,1,8H2,2-4H3/t9-/m0/s1. The largest absolute Gasteiger partial charge is 0.465 e. The summed E-state index contributed by atoms with van der Waals surface area (Å²) in [4.78, 5) is 11.7. The van der Waals surface area contributed by atoms with Gasteiger partial charge in [0, 0.05) is 18.7 Å². The van der Waals surface area contributed by atoms with Crippen molar-refractivity contribution in [1.82, 2.24) is 0 Å². The first-order chi connectivity index (χ1) is 9.04. The molecule has 5 heteroatoms. The lowest BCUT2D eigenvalue weighted by atomic mass is 10.1. The van der Waals surface area contributed by atoms with Crippen LogP contribution < -0.4 is 5.32 Å². The molecular weight excluding hydrogens is 249 g/mol. The predicted molar refractivity (Wildman–Crippen MR) is 72.8 cm³/mol. The minimum atomic E-state index is -0.728. The number of nitrogens with one attached hydrogen (secondary N) is 1. The van der Waals surface area contributed by atoms with Crippen LogP contribution in [0.4, 0.5) is 10.1 Å². The normalized spacial score (nSPS) is 11.8. The molecule has 1 aromatic rings. The highest BCUT2D eigenvalue weighted by molar-refractivity contribution is 5.96. The molecule has 0 spiro atoms. The van der Waals surface area contributed by atoms with E-state index in [4.69, 9.17) is 4.74 Å². The zero-order valence-corrected chi connectivity index (χ0v) is 11.3. The van der Waals surface area contributed by atoms with Crippen LogP contribution in [0, 0.1) is 5.82 Å². The van der Waals surface area contributed by atoms with Crippen LogP contribution >= 0.6 is 0 Å². The highest BCUT2D eigenvalue weighted by Crippen LogP contribution is 2.24. The van der Waals surface area contributed by atoms with Gasteiger partial charge in [0.2, 0.25) is 0 Å². The third kappa shape index (κ3) is 3.54. The zero-order chi connectivity index (χ0) is 14.4. The summed E-state index contributed by atoms with van der Waals surface area (Å²) in [6, 6.07) is 3.11. The van der Waals surface area contributed by atoms with E-state index in [2.05, 4.69) is 16.6 Å². The summed E-state index contributed by atoms with van der Waals surface area (Å²) in [5.41, 5.74) is 0.507. The van der Waals surface area contributed by atoms with Crippen LogP contribution in [-0.2, 0) is 9.47 Å². The van der Waals surface area contributed by atoms with Gasteiger partial charge in [0.1, 0.15) is 11.4 Å². The van der Waals surface area contributed by atoms with Gasteiger partial charge in [0.25, 0.3) is 0 Å². The number of benzene rings is 1. The van der Waals surface area contributed by atoms with Gasteiger partial charge in [-0.1, -0.05) is 12.7 Å². The molecule has 0 bridgehead atoms. The molecule has 0 aliphatic rings. The second-order valence-electron chi connectivity index (χ2n) is 4.09. The van der Waals surface area contributed by atoms with E-state index in [0.717, 1.165) is 0 Å². The van der Waals surface area contributed by atoms with Crippen molar-refractivity contribution in [1.29, 1.82) is 0 Å². The lowest BCUT2D eigenvalue weighted by molar-refractivity contribution is 0.0596. The quantitative estimate of drug-likeness (QED) is 0.805. The highest BCUT2D eigenvalue weighted by atomic mass is 19.1. The molecule has 104 valence electrons. The summed E-state index contributed by atoms with van der Waals surface area (Å²) in [7, 11) is 2.78. The number of carbonyl (C=O) groups excluding carboxylic acids is 1. The van der Waals surface area contributed by atoms with E-state index in [9.17, 15) is 9.18 Å². The Morgan fingerprint density at radius 3 is 2.74 bits per heavy atom. The van der Waals surface area contributed by atoms with Crippen LogP contribution in [0.15, 0.2) is 18.7 Å². The summed E-state index contributed by atoms with van der Waals surface area (Å²) in [6.45, 7) is 5.81. The summed E-state index contributed by atoms with van der Waals surface area (Å²) < 4.78 is 23.8. The van der Waals surface area contributed by atoms with Crippen molar-refractivity contribution in [3.05, 3.63) is 35.7 Å². The third-order valence-corrected chi connectivity index (χ3v) is 2.60. The minimum absolute atomic E-state index is 0.0672. The number of halogens is 1. The van der Waals surface area contributed by atoms with Crippen LogP contribution in [-0.4, -0.2) is 32.8 Å². The third-order valence-electron chi connectivity index (χ3n) is 2.60. The van der Waals surface area contributed by atoms with Crippen LogP contribution in [0.3, 0.4) is 0 Å². The van der Waals surface area contributed by atoms with Gasteiger partial charge in [-0.05, 0) is 19.1 Å². The van der Waals surface area contributed by atoms with Gasteiger partial charge in [-0.15, -0.1) is 0 Å². The van der Waals surface area contributed by atoms with Gasteiger partial charge in [-0.2, -0.15) is 0 Å². The topological polar surface area (TPSA) is 47.6 Å². The van der Waals surface area contributed by atoms with Gasteiger partial charge >= 0.3 is 5.97 Å². The van der Waals surface area contributed by atoms with Crippen LogP contribution in [0.25, 0.3) is 6.08 Å². The fourth-order valence-corrected chi connectivity index (χ4v) is 1.73. The highest BCUT2D eigenvalue weighted by Gasteiger charge is 2.20. The Morgan fingerprint density at radius 1 is 1.53 bits per heavy atom. The zero-order valence-electron chi connectivity index (χ0n) is 11.3. The van der Waals surface area contributed by atoms with Crippen molar-refractivity contribution >= 4 is 17.7 Å². The van der Waals surface area contributed by atoms with Gasteiger partial charge < -0.3 is 14.8 Å². The number of hydrogen-bond acceptors (Lipinski definition) is 4. The first kappa shape index (κ1) is 15.2. The van der Waals surface area contributed by atoms with Crippen molar-refractivity contribution in [2.75, 3.05) is 26.1 Å². The van der Waals surface area contributed by atoms with E-state index in [-0.39, 0.29) is 17.2 Å². The summed E-state index contributed by atoms with van der Waals surface area (Å²) >= 11 is 0. The average Bonchev–Trinajstić information content (AvgIpc) is 2.38. The molecular formula is C14H18FNO3. The van der Waals surface area contributed by atoms with Gasteiger partial charge in [0.15, 0.2) is 0 Å². The fraction of sp³-hybridized carbons (Fsp3) is 0.357. The van der Waals surface area contributed by atoms with Gasteiger partial charge in [0.05, 0.1) is 19.4 Å². The number of hydrogen-bond donors (Lipinski definition) is 1. The van der Waals surface area contributed by atoms with Crippen molar-refractivity contribution in [3.8, 4) is 0 Å². The fourth-order valence-electron chi connectivity index (χ4n) is 1.73. The van der Waals surface area contributed by atoms with Crippen LogP contribution in [0.1, 0.15) is 22.8 Å². The second-order valence-corrected chi connectivity index (χ2v) is 4.09. The molecule has 1 N–H and O–H groups in total. The number of ether oxygens (including phenoxy) is 2. The lowest BCUT2D eigenvalue weighted by Gasteiger charge is -2.17. The molecule has 4 nitrogen and oxygen atoms in total. The van der Waals surface area contributed by atoms with E-state index < -0.39 is 11.8 Å². The van der Waals surface area contributed by atoms with Gasteiger partial charge in [-0.3, -0.25) is 0 Å². The van der Waals surface area contributed by atoms with E-state index in [1.807, 2.05) is 6.92 Å². The Kier molecular flexibility index (Phi) is 5.51. The number of anilines is 1. The molecule has 0 unspecified atom stereocenters. The first-order valence-corrected chi connectivity index (χ1v) is 5.83. The van der Waals surface area contributed by atoms with Gasteiger partial charge in [-0.25, -0.2) is 9.18 Å². The molecule has 0 radical (unpaired) electrons. The van der Waals surface area contributed by atoms with Crippen molar-refractivity contribution in [2.24, 2.45) is 0 Å². The van der Waals surface area contributed by atoms with Crippen molar-refractivity contribution in [2.45, 2.75) is 13.0 Å². The van der Waals surface area contributed by atoms with E-state index in [1.165, 1.54) is 13.2 Å². The summed E-state index contributed by atoms with van der Waals surface area (Å²) in [5, 5.41) is 3.02. The Hall–Kier alpha value is -1.88. The van der Waals surface area contributed by atoms with Crippen molar-refractivity contribution < 1.29 is 18.7 Å². The summed E-state index contributed by atoms with van der Waals surface area (Å²) in [6.07, 6.45) is 1.35. The monoisotopic (exact) mass is 267 g/mol. The predicted octanol–water partition coefficient (Wildman–Crippen LogP) is 2.70. The molecule has 0 aromatic heterocycles. The Balaban J connectivity index is 3.19. The molecule has 1 atom stereocenters. The second kappa shape index (κ2) is 6.89. The number of rotatable bonds is 6. The molecule has 1 rings (SSSR count). The molecule has 0 aliphatic carbocycles. The Morgan fingerprint density at radius 2 is 2.21 bits per heavy atom. The van der Waals surface area contributed by atoms with Crippen LogP contribution in [0.2, 0.25) is 0 Å². The molecule has 0 aliphatic heterocycles. The Bertz CT molecular complexity index is 474.